The lowest BCUT2D eigenvalue weighted by Crippen LogP contribution is -2.28. The third kappa shape index (κ3) is 7.10. The first-order valence-electron chi connectivity index (χ1n) is 11.4. The number of methoxy groups -OCH3 is 1. The number of ether oxygens (including phenoxy) is 3. The first-order valence-corrected chi connectivity index (χ1v) is 11.4. The Morgan fingerprint density at radius 2 is 1.78 bits per heavy atom. The van der Waals surface area contributed by atoms with Gasteiger partial charge in [0.2, 0.25) is 0 Å². The Hall–Kier alpha value is -4.80. The normalized spacial score (nSPS) is 16.1. The molecule has 4 rings (SSSR count). The Bertz CT molecular complexity index is 1290. The summed E-state index contributed by atoms with van der Waals surface area (Å²) < 4.78 is 21.1. The molecule has 1 heterocycles. The number of nitrogens with one attached hydrogen (secondary N) is 3. The molecule has 0 bridgehead atoms. The van der Waals surface area contributed by atoms with Gasteiger partial charge in [-0.15, -0.1) is 0 Å². The summed E-state index contributed by atoms with van der Waals surface area (Å²) in [5, 5.41) is 8.20. The van der Waals surface area contributed by atoms with E-state index in [0.29, 0.717) is 34.9 Å². The van der Waals surface area contributed by atoms with Gasteiger partial charge in [0.15, 0.2) is 12.2 Å². The SMILES string of the molecule is COc1cc(NC(=O)Nc2cccc(CNC(=O)OC3C=C[C@H](OC(C)=O)C3)c2)ccc1-c1cnco1. The fourth-order valence-corrected chi connectivity index (χ4v) is 3.75. The number of hydrogen-bond donors (Lipinski definition) is 3. The van der Waals surface area contributed by atoms with Gasteiger partial charge < -0.3 is 34.6 Å². The summed E-state index contributed by atoms with van der Waals surface area (Å²) in [6.45, 7) is 1.52. The van der Waals surface area contributed by atoms with E-state index in [1.54, 1.807) is 54.7 Å². The standard InChI is InChI=1S/C26H26N4O7/c1-16(31)36-20-7-8-21(12-20)37-26(33)28-13-17-4-3-5-18(10-17)29-25(32)30-19-6-9-22(23(11-19)34-2)24-14-27-15-35-24/h3-11,14-15,20-21H,12-13H2,1-2H3,(H,28,33)(H2,29,30,32)/t20-,21?/m0/s1. The average Bonchev–Trinajstić information content (AvgIpc) is 3.55. The molecule has 192 valence electrons. The highest BCUT2D eigenvalue weighted by molar-refractivity contribution is 6.00. The highest BCUT2D eigenvalue weighted by atomic mass is 16.6. The quantitative estimate of drug-likeness (QED) is 0.300. The van der Waals surface area contributed by atoms with Gasteiger partial charge in [-0.05, 0) is 42.0 Å². The summed E-state index contributed by atoms with van der Waals surface area (Å²) in [6.07, 6.45) is 5.21. The minimum atomic E-state index is -0.600. The minimum Gasteiger partial charge on any atom is -0.496 e. The highest BCUT2D eigenvalue weighted by Gasteiger charge is 2.24. The van der Waals surface area contributed by atoms with Crippen LogP contribution in [-0.2, 0) is 20.8 Å². The van der Waals surface area contributed by atoms with Gasteiger partial charge in [-0.3, -0.25) is 4.79 Å². The highest BCUT2D eigenvalue weighted by Crippen LogP contribution is 2.32. The number of carbonyl (C=O) groups excluding carboxylic acids is 3. The van der Waals surface area contributed by atoms with Crippen LogP contribution in [0.15, 0.2) is 71.6 Å². The van der Waals surface area contributed by atoms with E-state index < -0.39 is 24.3 Å². The zero-order chi connectivity index (χ0) is 26.2. The number of anilines is 2. The molecule has 11 heteroatoms. The largest absolute Gasteiger partial charge is 0.496 e. The molecule has 3 N–H and O–H groups in total. The van der Waals surface area contributed by atoms with E-state index in [-0.39, 0.29) is 12.5 Å². The number of rotatable bonds is 8. The Balaban J connectivity index is 1.27. The van der Waals surface area contributed by atoms with Crippen molar-refractivity contribution in [2.24, 2.45) is 0 Å². The minimum absolute atomic E-state index is 0.195. The van der Waals surface area contributed by atoms with Crippen molar-refractivity contribution in [3.8, 4) is 17.1 Å². The average molecular weight is 507 g/mol. The van der Waals surface area contributed by atoms with Crippen molar-refractivity contribution in [3.63, 3.8) is 0 Å². The number of esters is 1. The van der Waals surface area contributed by atoms with Gasteiger partial charge >= 0.3 is 18.1 Å². The molecule has 0 saturated carbocycles. The molecule has 0 fully saturated rings. The van der Waals surface area contributed by atoms with Crippen LogP contribution in [0.4, 0.5) is 21.0 Å². The molecule has 0 radical (unpaired) electrons. The summed E-state index contributed by atoms with van der Waals surface area (Å²) in [4.78, 5) is 39.6. The number of benzene rings is 2. The summed E-state index contributed by atoms with van der Waals surface area (Å²) in [5.74, 6) is 0.681. The van der Waals surface area contributed by atoms with Gasteiger partial charge in [-0.2, -0.15) is 0 Å². The third-order valence-corrected chi connectivity index (χ3v) is 5.36. The Kier molecular flexibility index (Phi) is 8.04. The van der Waals surface area contributed by atoms with Crippen LogP contribution < -0.4 is 20.7 Å². The molecular formula is C26H26N4O7. The van der Waals surface area contributed by atoms with Crippen molar-refractivity contribution >= 4 is 29.5 Å². The first kappa shape index (κ1) is 25.3. The molecule has 3 aromatic rings. The maximum atomic E-state index is 12.5. The lowest BCUT2D eigenvalue weighted by Gasteiger charge is -2.14. The van der Waals surface area contributed by atoms with Crippen LogP contribution in [0, 0.1) is 0 Å². The predicted octanol–water partition coefficient (Wildman–Crippen LogP) is 4.48. The zero-order valence-electron chi connectivity index (χ0n) is 20.2. The van der Waals surface area contributed by atoms with E-state index in [2.05, 4.69) is 20.9 Å². The first-order chi connectivity index (χ1) is 17.9. The number of hydrogen-bond acceptors (Lipinski definition) is 8. The van der Waals surface area contributed by atoms with Crippen LogP contribution in [0.5, 0.6) is 5.75 Å². The lowest BCUT2D eigenvalue weighted by molar-refractivity contribution is -0.144. The molecule has 1 aliphatic carbocycles. The lowest BCUT2D eigenvalue weighted by atomic mass is 10.1. The van der Waals surface area contributed by atoms with Crippen molar-refractivity contribution < 1.29 is 33.0 Å². The molecule has 11 nitrogen and oxygen atoms in total. The molecule has 0 saturated heterocycles. The summed E-state index contributed by atoms with van der Waals surface area (Å²) in [5.41, 5.74) is 2.53. The van der Waals surface area contributed by atoms with E-state index in [1.165, 1.54) is 20.4 Å². The van der Waals surface area contributed by atoms with E-state index in [4.69, 9.17) is 18.6 Å². The fraction of sp³-hybridized carbons (Fsp3) is 0.231. The van der Waals surface area contributed by atoms with Gasteiger partial charge in [-0.25, -0.2) is 14.6 Å². The number of alkyl carbamates (subject to hydrolysis) is 1. The number of oxazole rings is 1. The second-order valence-electron chi connectivity index (χ2n) is 8.13. The number of aromatic nitrogens is 1. The Morgan fingerprint density at radius 3 is 2.49 bits per heavy atom. The molecule has 1 aliphatic rings. The molecular weight excluding hydrogens is 480 g/mol. The van der Waals surface area contributed by atoms with Crippen LogP contribution in [0.2, 0.25) is 0 Å². The third-order valence-electron chi connectivity index (χ3n) is 5.36. The van der Waals surface area contributed by atoms with Gasteiger partial charge in [0, 0.05) is 37.3 Å². The van der Waals surface area contributed by atoms with Crippen molar-refractivity contribution in [1.29, 1.82) is 0 Å². The van der Waals surface area contributed by atoms with E-state index in [1.807, 2.05) is 6.07 Å². The molecule has 0 aliphatic heterocycles. The number of urea groups is 1. The summed E-state index contributed by atoms with van der Waals surface area (Å²) >= 11 is 0. The molecule has 0 spiro atoms. The molecule has 1 aromatic heterocycles. The molecule has 2 aromatic carbocycles. The maximum absolute atomic E-state index is 12.5. The van der Waals surface area contributed by atoms with Crippen LogP contribution in [0.25, 0.3) is 11.3 Å². The van der Waals surface area contributed by atoms with Crippen molar-refractivity contribution in [2.45, 2.75) is 32.1 Å². The van der Waals surface area contributed by atoms with E-state index in [0.717, 1.165) is 5.56 Å². The van der Waals surface area contributed by atoms with Crippen molar-refractivity contribution in [1.82, 2.24) is 10.3 Å². The van der Waals surface area contributed by atoms with E-state index >= 15 is 0 Å². The molecule has 3 amide bonds. The van der Waals surface area contributed by atoms with Crippen LogP contribution in [0.3, 0.4) is 0 Å². The smallest absolute Gasteiger partial charge is 0.407 e. The van der Waals surface area contributed by atoms with Crippen LogP contribution in [-0.4, -0.2) is 42.4 Å². The van der Waals surface area contributed by atoms with Crippen molar-refractivity contribution in [2.75, 3.05) is 17.7 Å². The molecule has 1 unspecified atom stereocenters. The summed E-state index contributed by atoms with van der Waals surface area (Å²) in [7, 11) is 1.53. The number of amides is 3. The Morgan fingerprint density at radius 1 is 1.03 bits per heavy atom. The van der Waals surface area contributed by atoms with Gasteiger partial charge in [0.25, 0.3) is 0 Å². The Labute approximate surface area is 212 Å². The maximum Gasteiger partial charge on any atom is 0.407 e. The van der Waals surface area contributed by atoms with E-state index in [9.17, 15) is 14.4 Å². The number of carbonyl (C=O) groups is 3. The van der Waals surface area contributed by atoms with Gasteiger partial charge in [-0.1, -0.05) is 12.1 Å². The predicted molar refractivity (Wildman–Crippen MR) is 134 cm³/mol. The van der Waals surface area contributed by atoms with Crippen LogP contribution in [0.1, 0.15) is 18.9 Å². The van der Waals surface area contributed by atoms with Crippen LogP contribution >= 0.6 is 0 Å². The topological polar surface area (TPSA) is 141 Å². The number of nitrogens with zero attached hydrogens (tertiary/aromatic N) is 1. The van der Waals surface area contributed by atoms with Gasteiger partial charge in [0.1, 0.15) is 18.0 Å². The summed E-state index contributed by atoms with van der Waals surface area (Å²) in [6, 6.07) is 11.7. The van der Waals surface area contributed by atoms with Gasteiger partial charge in [0.05, 0.1) is 18.9 Å². The second-order valence-corrected chi connectivity index (χ2v) is 8.13. The molecule has 37 heavy (non-hydrogen) atoms. The van der Waals surface area contributed by atoms with Crippen molar-refractivity contribution in [3.05, 3.63) is 72.8 Å². The zero-order valence-corrected chi connectivity index (χ0v) is 20.2. The fourth-order valence-electron chi connectivity index (χ4n) is 3.75. The monoisotopic (exact) mass is 506 g/mol. The second kappa shape index (κ2) is 11.8. The molecule has 2 atom stereocenters.